The minimum atomic E-state index is -0.137. The van der Waals surface area contributed by atoms with E-state index in [1.165, 1.54) is 5.69 Å². The van der Waals surface area contributed by atoms with Crippen molar-refractivity contribution in [2.45, 2.75) is 6.92 Å². The standard InChI is InChI=1S/C15H17BrN4O2/c1-11-9-14(18-22-11)17-15(21)20-7-5-19(6-8-20)13-4-2-3-12(16)10-13/h2-4,9-10H,5-8H2,1H3,(H,17,18,21). The first kappa shape index (κ1) is 14.9. The number of halogens is 1. The molecule has 6 nitrogen and oxygen atoms in total. The Morgan fingerprint density at radius 3 is 2.68 bits per heavy atom. The molecule has 1 aliphatic heterocycles. The fraction of sp³-hybridized carbons (Fsp3) is 0.333. The van der Waals surface area contributed by atoms with Gasteiger partial charge in [0, 0.05) is 42.4 Å². The van der Waals surface area contributed by atoms with Crippen LogP contribution in [0.1, 0.15) is 5.76 Å². The van der Waals surface area contributed by atoms with Crippen LogP contribution in [0.4, 0.5) is 16.3 Å². The number of aryl methyl sites for hydroxylation is 1. The molecule has 0 bridgehead atoms. The first-order chi connectivity index (χ1) is 10.6. The zero-order chi connectivity index (χ0) is 15.5. The van der Waals surface area contributed by atoms with E-state index in [2.05, 4.69) is 43.4 Å². The Morgan fingerprint density at radius 1 is 1.27 bits per heavy atom. The molecule has 1 aliphatic rings. The largest absolute Gasteiger partial charge is 0.368 e. The van der Waals surface area contributed by atoms with Crippen LogP contribution in [0.3, 0.4) is 0 Å². The third-order valence-electron chi connectivity index (χ3n) is 3.60. The number of nitrogens with zero attached hydrogens (tertiary/aromatic N) is 3. The molecule has 0 saturated carbocycles. The highest BCUT2D eigenvalue weighted by Gasteiger charge is 2.22. The Morgan fingerprint density at radius 2 is 2.05 bits per heavy atom. The van der Waals surface area contributed by atoms with Crippen molar-refractivity contribution in [3.05, 3.63) is 40.6 Å². The number of carbonyl (C=O) groups excluding carboxylic acids is 1. The Balaban J connectivity index is 1.56. The number of benzene rings is 1. The van der Waals surface area contributed by atoms with Crippen molar-refractivity contribution in [3.63, 3.8) is 0 Å². The molecular formula is C15H17BrN4O2. The Hall–Kier alpha value is -2.02. The summed E-state index contributed by atoms with van der Waals surface area (Å²) >= 11 is 3.49. The molecule has 2 heterocycles. The summed E-state index contributed by atoms with van der Waals surface area (Å²) in [6.45, 7) is 4.76. The van der Waals surface area contributed by atoms with Crippen LogP contribution in [0.2, 0.25) is 0 Å². The lowest BCUT2D eigenvalue weighted by molar-refractivity contribution is 0.208. The zero-order valence-corrected chi connectivity index (χ0v) is 13.8. The van der Waals surface area contributed by atoms with E-state index in [-0.39, 0.29) is 6.03 Å². The molecule has 0 aliphatic carbocycles. The molecule has 0 radical (unpaired) electrons. The van der Waals surface area contributed by atoms with E-state index < -0.39 is 0 Å². The topological polar surface area (TPSA) is 61.6 Å². The molecular weight excluding hydrogens is 348 g/mol. The molecule has 0 atom stereocenters. The normalized spacial score (nSPS) is 15.0. The zero-order valence-electron chi connectivity index (χ0n) is 12.3. The molecule has 1 fully saturated rings. The maximum absolute atomic E-state index is 12.2. The average molecular weight is 365 g/mol. The van der Waals surface area contributed by atoms with Crippen molar-refractivity contribution in [3.8, 4) is 0 Å². The van der Waals surface area contributed by atoms with E-state index in [0.29, 0.717) is 24.7 Å². The number of nitrogens with one attached hydrogen (secondary N) is 1. The lowest BCUT2D eigenvalue weighted by Crippen LogP contribution is -2.50. The number of aromatic nitrogens is 1. The molecule has 1 aromatic carbocycles. The van der Waals surface area contributed by atoms with Gasteiger partial charge < -0.3 is 14.3 Å². The van der Waals surface area contributed by atoms with Crippen molar-refractivity contribution in [1.82, 2.24) is 10.1 Å². The van der Waals surface area contributed by atoms with Crippen LogP contribution in [-0.4, -0.2) is 42.3 Å². The molecule has 3 rings (SSSR count). The molecule has 1 saturated heterocycles. The van der Waals surface area contributed by atoms with Crippen molar-refractivity contribution in [2.24, 2.45) is 0 Å². The first-order valence-corrected chi connectivity index (χ1v) is 7.91. The lowest BCUT2D eigenvalue weighted by Gasteiger charge is -2.36. The van der Waals surface area contributed by atoms with Crippen molar-refractivity contribution < 1.29 is 9.32 Å². The van der Waals surface area contributed by atoms with Gasteiger partial charge in [-0.05, 0) is 25.1 Å². The van der Waals surface area contributed by atoms with Crippen molar-refractivity contribution in [2.75, 3.05) is 36.4 Å². The molecule has 22 heavy (non-hydrogen) atoms. The summed E-state index contributed by atoms with van der Waals surface area (Å²) in [4.78, 5) is 16.2. The molecule has 2 amide bonds. The summed E-state index contributed by atoms with van der Waals surface area (Å²) in [7, 11) is 0. The van der Waals surface area contributed by atoms with E-state index >= 15 is 0 Å². The number of hydrogen-bond donors (Lipinski definition) is 1. The van der Waals surface area contributed by atoms with E-state index in [1.807, 2.05) is 12.1 Å². The van der Waals surface area contributed by atoms with Crippen molar-refractivity contribution in [1.29, 1.82) is 0 Å². The van der Waals surface area contributed by atoms with E-state index in [1.54, 1.807) is 17.9 Å². The van der Waals surface area contributed by atoms with E-state index in [4.69, 9.17) is 4.52 Å². The third kappa shape index (κ3) is 3.41. The SMILES string of the molecule is Cc1cc(NC(=O)N2CCN(c3cccc(Br)c3)CC2)no1. The van der Waals surface area contributed by atoms with Gasteiger partial charge in [0.1, 0.15) is 5.76 Å². The van der Waals surface area contributed by atoms with Crippen LogP contribution in [0, 0.1) is 6.92 Å². The van der Waals surface area contributed by atoms with Gasteiger partial charge in [0.2, 0.25) is 0 Å². The lowest BCUT2D eigenvalue weighted by atomic mass is 10.2. The second-order valence-electron chi connectivity index (χ2n) is 5.21. The van der Waals surface area contributed by atoms with Gasteiger partial charge in [0.05, 0.1) is 0 Å². The predicted molar refractivity (Wildman–Crippen MR) is 88.2 cm³/mol. The van der Waals surface area contributed by atoms with Gasteiger partial charge in [-0.2, -0.15) is 0 Å². The number of anilines is 2. The number of rotatable bonds is 2. The van der Waals surface area contributed by atoms with Gasteiger partial charge in [0.25, 0.3) is 0 Å². The summed E-state index contributed by atoms with van der Waals surface area (Å²) in [5.41, 5.74) is 1.17. The molecule has 1 N–H and O–H groups in total. The minimum Gasteiger partial charge on any atom is -0.368 e. The van der Waals surface area contributed by atoms with Gasteiger partial charge in [-0.3, -0.25) is 5.32 Å². The molecule has 0 unspecified atom stereocenters. The van der Waals surface area contributed by atoms with Crippen LogP contribution >= 0.6 is 15.9 Å². The van der Waals surface area contributed by atoms with Crippen LogP contribution in [0.5, 0.6) is 0 Å². The van der Waals surface area contributed by atoms with E-state index in [0.717, 1.165) is 17.6 Å². The van der Waals surface area contributed by atoms with Gasteiger partial charge >= 0.3 is 6.03 Å². The number of hydrogen-bond acceptors (Lipinski definition) is 4. The molecule has 1 aromatic heterocycles. The van der Waals surface area contributed by atoms with Gasteiger partial charge in [-0.25, -0.2) is 4.79 Å². The fourth-order valence-corrected chi connectivity index (χ4v) is 2.84. The summed E-state index contributed by atoms with van der Waals surface area (Å²) in [5, 5.41) is 6.53. The molecule has 116 valence electrons. The van der Waals surface area contributed by atoms with Gasteiger partial charge in [-0.15, -0.1) is 0 Å². The highest BCUT2D eigenvalue weighted by atomic mass is 79.9. The van der Waals surface area contributed by atoms with Crippen LogP contribution < -0.4 is 10.2 Å². The maximum Gasteiger partial charge on any atom is 0.323 e. The molecule has 0 spiro atoms. The maximum atomic E-state index is 12.2. The van der Waals surface area contributed by atoms with Crippen LogP contribution in [-0.2, 0) is 0 Å². The quantitative estimate of drug-likeness (QED) is 0.889. The van der Waals surface area contributed by atoms with Gasteiger partial charge in [-0.1, -0.05) is 27.2 Å². The number of urea groups is 1. The Bertz CT molecular complexity index is 665. The number of amides is 2. The minimum absolute atomic E-state index is 0.137. The molecule has 2 aromatic rings. The average Bonchev–Trinajstić information content (AvgIpc) is 2.92. The predicted octanol–water partition coefficient (Wildman–Crippen LogP) is 3.10. The van der Waals surface area contributed by atoms with Crippen LogP contribution in [0.25, 0.3) is 0 Å². The molecule has 7 heteroatoms. The Kier molecular flexibility index (Phi) is 4.33. The van der Waals surface area contributed by atoms with Crippen LogP contribution in [0.15, 0.2) is 39.3 Å². The Labute approximate surface area is 137 Å². The first-order valence-electron chi connectivity index (χ1n) is 7.11. The third-order valence-corrected chi connectivity index (χ3v) is 4.10. The second-order valence-corrected chi connectivity index (χ2v) is 6.12. The summed E-state index contributed by atoms with van der Waals surface area (Å²) in [6.07, 6.45) is 0. The fourth-order valence-electron chi connectivity index (χ4n) is 2.45. The summed E-state index contributed by atoms with van der Waals surface area (Å²) in [6, 6.07) is 9.77. The monoisotopic (exact) mass is 364 g/mol. The summed E-state index contributed by atoms with van der Waals surface area (Å²) < 4.78 is 6.00. The van der Waals surface area contributed by atoms with Crippen molar-refractivity contribution >= 4 is 33.5 Å². The smallest absolute Gasteiger partial charge is 0.323 e. The number of piperazine rings is 1. The highest BCUT2D eigenvalue weighted by Crippen LogP contribution is 2.21. The number of carbonyl (C=O) groups is 1. The summed E-state index contributed by atoms with van der Waals surface area (Å²) in [5.74, 6) is 1.13. The van der Waals surface area contributed by atoms with Gasteiger partial charge in [0.15, 0.2) is 5.82 Å². The highest BCUT2D eigenvalue weighted by molar-refractivity contribution is 9.10. The van der Waals surface area contributed by atoms with E-state index in [9.17, 15) is 4.79 Å². The second kappa shape index (κ2) is 6.39.